The molecule has 218 valence electrons. The van der Waals surface area contributed by atoms with Gasteiger partial charge in [-0.05, 0) is 42.5 Å². The standard InChI is InChI=1S/C29H18ClF2N9O2S/c30-17-6-2-4-8-22(17)44(42,43)40-19-10-9-18(31)26(24(19)32)38-29-27-20(35-15-36-29)11-12-23(37-27)41-21-7-3-1-5-16(21)25(39-41)28-33-13-14-34-28/h1-15,40H,(H,33,34)(H,35,36,38). The quantitative estimate of drug-likeness (QED) is 0.188. The van der Waals surface area contributed by atoms with Crippen LogP contribution in [0.3, 0.4) is 0 Å². The molecule has 15 heteroatoms. The minimum absolute atomic E-state index is 0.0246. The van der Waals surface area contributed by atoms with Gasteiger partial charge in [-0.25, -0.2) is 41.8 Å². The Balaban J connectivity index is 1.29. The summed E-state index contributed by atoms with van der Waals surface area (Å²) in [7, 11) is -4.30. The van der Waals surface area contributed by atoms with E-state index in [9.17, 15) is 8.42 Å². The molecule has 3 aromatic carbocycles. The lowest BCUT2D eigenvalue weighted by Gasteiger charge is -2.14. The number of rotatable bonds is 7. The maximum Gasteiger partial charge on any atom is 0.263 e. The zero-order valence-corrected chi connectivity index (χ0v) is 23.8. The van der Waals surface area contributed by atoms with Gasteiger partial charge in [0.1, 0.15) is 33.9 Å². The zero-order valence-electron chi connectivity index (χ0n) is 22.2. The smallest absolute Gasteiger partial charge is 0.263 e. The summed E-state index contributed by atoms with van der Waals surface area (Å²) < 4.78 is 60.3. The van der Waals surface area contributed by atoms with Gasteiger partial charge in [-0.15, -0.1) is 0 Å². The van der Waals surface area contributed by atoms with Crippen molar-refractivity contribution in [2.24, 2.45) is 0 Å². The average Bonchev–Trinajstić information content (AvgIpc) is 3.69. The minimum atomic E-state index is -4.30. The number of nitrogens with zero attached hydrogens (tertiary/aromatic N) is 6. The van der Waals surface area contributed by atoms with Gasteiger partial charge in [0.25, 0.3) is 10.0 Å². The van der Waals surface area contributed by atoms with Gasteiger partial charge in [-0.3, -0.25) is 4.72 Å². The molecule has 0 aliphatic heterocycles. The van der Waals surface area contributed by atoms with Gasteiger partial charge in [-0.2, -0.15) is 5.10 Å². The van der Waals surface area contributed by atoms with Crippen LogP contribution in [0.5, 0.6) is 0 Å². The molecule has 3 N–H and O–H groups in total. The van der Waals surface area contributed by atoms with Gasteiger partial charge in [0.05, 0.1) is 21.7 Å². The molecule has 0 radical (unpaired) electrons. The largest absolute Gasteiger partial charge is 0.343 e. The van der Waals surface area contributed by atoms with Crippen molar-refractivity contribution < 1.29 is 17.2 Å². The highest BCUT2D eigenvalue weighted by Crippen LogP contribution is 2.33. The zero-order chi connectivity index (χ0) is 30.4. The van der Waals surface area contributed by atoms with E-state index in [2.05, 4.69) is 35.0 Å². The van der Waals surface area contributed by atoms with Crippen molar-refractivity contribution in [3.8, 4) is 17.3 Å². The monoisotopic (exact) mass is 629 g/mol. The Kier molecular flexibility index (Phi) is 6.63. The van der Waals surface area contributed by atoms with Crippen molar-refractivity contribution >= 4 is 60.8 Å². The summed E-state index contributed by atoms with van der Waals surface area (Å²) in [6.45, 7) is 0. The van der Waals surface area contributed by atoms with E-state index in [0.29, 0.717) is 22.9 Å². The Morgan fingerprint density at radius 2 is 1.73 bits per heavy atom. The van der Waals surface area contributed by atoms with Crippen LogP contribution in [0.2, 0.25) is 5.02 Å². The summed E-state index contributed by atoms with van der Waals surface area (Å²) in [5.41, 5.74) is 0.758. The number of imidazole rings is 1. The van der Waals surface area contributed by atoms with E-state index in [-0.39, 0.29) is 21.3 Å². The first-order chi connectivity index (χ1) is 21.3. The molecule has 7 aromatic rings. The predicted molar refractivity (Wildman–Crippen MR) is 161 cm³/mol. The van der Waals surface area contributed by atoms with Crippen LogP contribution in [-0.2, 0) is 10.0 Å². The van der Waals surface area contributed by atoms with Crippen LogP contribution in [0.25, 0.3) is 39.3 Å². The number of H-pyrrole nitrogens is 1. The Hall–Kier alpha value is -5.47. The summed E-state index contributed by atoms with van der Waals surface area (Å²) in [5.74, 6) is -1.27. The molecule has 0 saturated carbocycles. The van der Waals surface area contributed by atoms with Crippen LogP contribution in [0, 0.1) is 11.6 Å². The Morgan fingerprint density at radius 3 is 2.55 bits per heavy atom. The molecule has 4 aromatic heterocycles. The first kappa shape index (κ1) is 27.4. The summed E-state index contributed by atoms with van der Waals surface area (Å²) in [5, 5.41) is 8.13. The molecular weight excluding hydrogens is 612 g/mol. The third kappa shape index (κ3) is 4.75. The van der Waals surface area contributed by atoms with E-state index in [1.54, 1.807) is 35.3 Å². The molecule has 0 spiro atoms. The Morgan fingerprint density at radius 1 is 0.909 bits per heavy atom. The number of nitrogens with one attached hydrogen (secondary N) is 3. The second kappa shape index (κ2) is 10.7. The highest BCUT2D eigenvalue weighted by molar-refractivity contribution is 7.92. The molecule has 7 rings (SSSR count). The number of fused-ring (bicyclic) bond motifs is 2. The van der Waals surface area contributed by atoms with Crippen molar-refractivity contribution in [3.05, 3.63) is 108 Å². The summed E-state index contributed by atoms with van der Waals surface area (Å²) in [6.07, 6.45) is 4.54. The first-order valence-electron chi connectivity index (χ1n) is 12.9. The van der Waals surface area contributed by atoms with Gasteiger partial charge in [0.15, 0.2) is 23.3 Å². The van der Waals surface area contributed by atoms with Crippen LogP contribution >= 0.6 is 11.6 Å². The molecule has 0 bridgehead atoms. The fourth-order valence-corrected chi connectivity index (χ4v) is 6.26. The minimum Gasteiger partial charge on any atom is -0.343 e. The van der Waals surface area contributed by atoms with Crippen molar-refractivity contribution in [1.29, 1.82) is 0 Å². The SMILES string of the molecule is O=S(=O)(Nc1ccc(F)c(Nc2ncnc3ccc(-n4nc(-c5ncc[nH]5)c5ccccc54)nc23)c1F)c1ccccc1Cl. The fraction of sp³-hybridized carbons (Fsp3) is 0. The summed E-state index contributed by atoms with van der Waals surface area (Å²) in [6, 6.07) is 18.5. The third-order valence-corrected chi connectivity index (χ3v) is 8.56. The summed E-state index contributed by atoms with van der Waals surface area (Å²) in [4.78, 5) is 20.2. The number of aromatic amines is 1. The fourth-order valence-electron chi connectivity index (χ4n) is 4.68. The van der Waals surface area contributed by atoms with Gasteiger partial charge in [0.2, 0.25) is 0 Å². The van der Waals surface area contributed by atoms with Gasteiger partial charge >= 0.3 is 0 Å². The Bertz CT molecular complexity index is 2310. The van der Waals surface area contributed by atoms with E-state index >= 15 is 8.78 Å². The number of pyridine rings is 1. The molecule has 0 saturated heterocycles. The van der Waals surface area contributed by atoms with Gasteiger partial charge in [0, 0.05) is 17.8 Å². The molecule has 0 atom stereocenters. The average molecular weight is 630 g/mol. The van der Waals surface area contributed by atoms with Crippen molar-refractivity contribution in [2.75, 3.05) is 10.0 Å². The van der Waals surface area contributed by atoms with Crippen LogP contribution in [0.15, 0.2) is 96.4 Å². The number of sulfonamides is 1. The number of anilines is 3. The van der Waals surface area contributed by atoms with Crippen molar-refractivity contribution in [1.82, 2.24) is 34.7 Å². The molecule has 11 nitrogen and oxygen atoms in total. The number of para-hydroxylation sites is 1. The van der Waals surface area contributed by atoms with E-state index in [0.717, 1.165) is 23.0 Å². The number of halogens is 3. The molecular formula is C29H18ClF2N9O2S. The highest BCUT2D eigenvalue weighted by Gasteiger charge is 2.23. The molecule has 0 fully saturated rings. The lowest BCUT2D eigenvalue weighted by molar-refractivity contribution is 0.588. The molecule has 0 unspecified atom stereocenters. The van der Waals surface area contributed by atoms with Crippen molar-refractivity contribution in [2.45, 2.75) is 4.90 Å². The van der Waals surface area contributed by atoms with Gasteiger partial charge < -0.3 is 10.3 Å². The molecule has 0 aliphatic carbocycles. The normalized spacial score (nSPS) is 11.7. The second-order valence-electron chi connectivity index (χ2n) is 9.42. The van der Waals surface area contributed by atoms with Crippen molar-refractivity contribution in [3.63, 3.8) is 0 Å². The van der Waals surface area contributed by atoms with E-state index < -0.39 is 33.0 Å². The molecule has 44 heavy (non-hydrogen) atoms. The summed E-state index contributed by atoms with van der Waals surface area (Å²) >= 11 is 6.03. The van der Waals surface area contributed by atoms with Gasteiger partial charge in [-0.1, -0.05) is 41.9 Å². The van der Waals surface area contributed by atoms with Crippen LogP contribution in [0.1, 0.15) is 0 Å². The number of hydrogen-bond donors (Lipinski definition) is 3. The lowest BCUT2D eigenvalue weighted by Crippen LogP contribution is -2.15. The third-order valence-electron chi connectivity index (χ3n) is 6.70. The molecule has 0 amide bonds. The van der Waals surface area contributed by atoms with Crippen LogP contribution < -0.4 is 10.0 Å². The number of aromatic nitrogens is 7. The van der Waals surface area contributed by atoms with E-state index in [1.165, 1.54) is 24.5 Å². The van der Waals surface area contributed by atoms with Crippen LogP contribution in [-0.4, -0.2) is 43.1 Å². The molecule has 0 aliphatic rings. The topological polar surface area (TPSA) is 143 Å². The lowest BCUT2D eigenvalue weighted by atomic mass is 10.2. The maximum atomic E-state index is 15.7. The number of benzene rings is 3. The number of hydrogen-bond acceptors (Lipinski definition) is 8. The van der Waals surface area contributed by atoms with E-state index in [4.69, 9.17) is 16.7 Å². The predicted octanol–water partition coefficient (Wildman–Crippen LogP) is 6.23. The first-order valence-corrected chi connectivity index (χ1v) is 14.8. The van der Waals surface area contributed by atoms with E-state index in [1.807, 2.05) is 24.3 Å². The Labute approximate surface area is 252 Å². The van der Waals surface area contributed by atoms with Crippen LogP contribution in [0.4, 0.5) is 26.0 Å². The second-order valence-corrected chi connectivity index (χ2v) is 11.5. The maximum absolute atomic E-state index is 15.7. The molecule has 4 heterocycles. The highest BCUT2D eigenvalue weighted by atomic mass is 35.5.